The first-order chi connectivity index (χ1) is 10.4. The third-order valence-electron chi connectivity index (χ3n) is 3.26. The predicted molar refractivity (Wildman–Crippen MR) is 76.8 cm³/mol. The largest absolute Gasteiger partial charge is 0.461 e. The van der Waals surface area contributed by atoms with Crippen molar-refractivity contribution in [2.24, 2.45) is 0 Å². The lowest BCUT2D eigenvalue weighted by Gasteiger charge is -2.27. The predicted octanol–water partition coefficient (Wildman–Crippen LogP) is 1.79. The lowest BCUT2D eigenvalue weighted by Crippen LogP contribution is -2.45. The second-order valence-corrected chi connectivity index (χ2v) is 4.66. The van der Waals surface area contributed by atoms with Crippen LogP contribution >= 0.6 is 0 Å². The zero-order chi connectivity index (χ0) is 16.3. The van der Waals surface area contributed by atoms with Crippen molar-refractivity contribution < 1.29 is 19.2 Å². The highest BCUT2D eigenvalue weighted by Crippen LogP contribution is 2.27. The molecule has 0 bridgehead atoms. The van der Waals surface area contributed by atoms with Crippen molar-refractivity contribution in [2.75, 3.05) is 6.61 Å². The second-order valence-electron chi connectivity index (χ2n) is 4.66. The number of non-ortho nitro benzene ring substituents is 1. The molecule has 8 heteroatoms. The fraction of sp³-hybridized carbons (Fsp3) is 0.286. The molecule has 22 heavy (non-hydrogen) atoms. The summed E-state index contributed by atoms with van der Waals surface area (Å²) in [5.74, 6) is -0.609. The van der Waals surface area contributed by atoms with E-state index in [1.807, 2.05) is 0 Å². The number of carbonyl (C=O) groups is 2. The number of esters is 1. The fourth-order valence-corrected chi connectivity index (χ4v) is 2.17. The van der Waals surface area contributed by atoms with E-state index in [0.29, 0.717) is 11.1 Å². The Morgan fingerprint density at radius 2 is 2.00 bits per heavy atom. The first-order valence-corrected chi connectivity index (χ1v) is 6.63. The molecule has 8 nitrogen and oxygen atoms in total. The molecular formula is C14H15N3O5. The molecule has 1 aliphatic rings. The number of nitro benzene ring substituents is 1. The minimum absolute atomic E-state index is 0.0451. The average molecular weight is 305 g/mol. The number of nitrogens with one attached hydrogen (secondary N) is 2. The lowest BCUT2D eigenvalue weighted by atomic mass is 9.96. The van der Waals surface area contributed by atoms with Gasteiger partial charge in [0.1, 0.15) is 5.70 Å². The van der Waals surface area contributed by atoms with Crippen LogP contribution in [0, 0.1) is 10.1 Å². The van der Waals surface area contributed by atoms with Crippen LogP contribution in [-0.2, 0) is 9.53 Å². The fourth-order valence-electron chi connectivity index (χ4n) is 2.17. The Morgan fingerprint density at radius 1 is 1.36 bits per heavy atom. The molecule has 116 valence electrons. The molecule has 2 rings (SSSR count). The quantitative estimate of drug-likeness (QED) is 0.500. The van der Waals surface area contributed by atoms with Crippen LogP contribution in [0.15, 0.2) is 35.5 Å². The van der Waals surface area contributed by atoms with Crippen molar-refractivity contribution in [2.45, 2.75) is 19.9 Å². The zero-order valence-electron chi connectivity index (χ0n) is 12.1. The summed E-state index contributed by atoms with van der Waals surface area (Å²) in [5, 5.41) is 15.8. The molecule has 2 amide bonds. The van der Waals surface area contributed by atoms with E-state index in [1.165, 1.54) is 12.1 Å². The van der Waals surface area contributed by atoms with Crippen LogP contribution < -0.4 is 10.6 Å². The van der Waals surface area contributed by atoms with E-state index in [-0.39, 0.29) is 18.0 Å². The molecule has 0 saturated heterocycles. The molecule has 0 unspecified atom stereocenters. The van der Waals surface area contributed by atoms with E-state index in [9.17, 15) is 19.7 Å². The molecule has 0 saturated carbocycles. The summed E-state index contributed by atoms with van der Waals surface area (Å²) in [6.07, 6.45) is 0. The van der Waals surface area contributed by atoms with Crippen molar-refractivity contribution in [1.82, 2.24) is 10.6 Å². The molecule has 0 aliphatic carbocycles. The summed E-state index contributed by atoms with van der Waals surface area (Å²) < 4.78 is 4.91. The number of hydrogen-bond acceptors (Lipinski definition) is 5. The smallest absolute Gasteiger partial charge is 0.354 e. The molecule has 0 radical (unpaired) electrons. The highest BCUT2D eigenvalue weighted by atomic mass is 16.6. The number of urea groups is 1. The number of ether oxygens (including phenoxy) is 1. The molecular weight excluding hydrogens is 290 g/mol. The zero-order valence-corrected chi connectivity index (χ0v) is 12.1. The molecule has 1 aliphatic heterocycles. The van der Waals surface area contributed by atoms with E-state index in [4.69, 9.17) is 4.74 Å². The highest BCUT2D eigenvalue weighted by Gasteiger charge is 2.29. The van der Waals surface area contributed by atoms with Crippen molar-refractivity contribution in [3.05, 3.63) is 51.2 Å². The Bertz CT molecular complexity index is 651. The molecule has 0 aromatic heterocycles. The van der Waals surface area contributed by atoms with Gasteiger partial charge in [-0.05, 0) is 37.1 Å². The van der Waals surface area contributed by atoms with Gasteiger partial charge in [0.05, 0.1) is 17.6 Å². The molecule has 1 aromatic carbocycles. The van der Waals surface area contributed by atoms with E-state index in [1.54, 1.807) is 26.0 Å². The Balaban J connectivity index is 2.36. The number of amides is 2. The van der Waals surface area contributed by atoms with Gasteiger partial charge in [0.25, 0.3) is 5.69 Å². The van der Waals surface area contributed by atoms with Gasteiger partial charge < -0.3 is 15.4 Å². The van der Waals surface area contributed by atoms with Crippen LogP contribution in [0.1, 0.15) is 25.5 Å². The Morgan fingerprint density at radius 3 is 2.55 bits per heavy atom. The van der Waals surface area contributed by atoms with Crippen LogP contribution in [0.4, 0.5) is 10.5 Å². The standard InChI is InChI=1S/C14H15N3O5/c1-3-22-13(18)12-8(2)11(15-14(19)16-12)9-4-6-10(7-5-9)17(20)21/h4-7,11H,3H2,1-2H3,(H2,15,16,19)/t11-/m0/s1. The van der Waals surface area contributed by atoms with Gasteiger partial charge in [-0.1, -0.05) is 0 Å². The number of carbonyl (C=O) groups excluding carboxylic acids is 2. The van der Waals surface area contributed by atoms with Gasteiger partial charge in [-0.15, -0.1) is 0 Å². The molecule has 0 fully saturated rings. The number of hydrogen-bond donors (Lipinski definition) is 2. The monoisotopic (exact) mass is 305 g/mol. The minimum atomic E-state index is -0.609. The first-order valence-electron chi connectivity index (χ1n) is 6.63. The van der Waals surface area contributed by atoms with Gasteiger partial charge in [0.2, 0.25) is 0 Å². The van der Waals surface area contributed by atoms with Crippen molar-refractivity contribution >= 4 is 17.7 Å². The van der Waals surface area contributed by atoms with Gasteiger partial charge >= 0.3 is 12.0 Å². The van der Waals surface area contributed by atoms with Crippen LogP contribution in [0.3, 0.4) is 0 Å². The molecule has 1 aromatic rings. The van der Waals surface area contributed by atoms with E-state index in [2.05, 4.69) is 10.6 Å². The van der Waals surface area contributed by atoms with Gasteiger partial charge in [-0.25, -0.2) is 9.59 Å². The normalized spacial score (nSPS) is 17.5. The maximum absolute atomic E-state index is 11.9. The van der Waals surface area contributed by atoms with Crippen molar-refractivity contribution in [3.63, 3.8) is 0 Å². The van der Waals surface area contributed by atoms with Gasteiger partial charge in [-0.2, -0.15) is 0 Å². The summed E-state index contributed by atoms with van der Waals surface area (Å²) in [6, 6.07) is 4.70. The third kappa shape index (κ3) is 3.05. The maximum atomic E-state index is 11.9. The highest BCUT2D eigenvalue weighted by molar-refractivity contribution is 5.96. The Hall–Kier alpha value is -2.90. The summed E-state index contributed by atoms with van der Waals surface area (Å²) in [4.78, 5) is 33.7. The second kappa shape index (κ2) is 6.25. The Kier molecular flexibility index (Phi) is 4.40. The maximum Gasteiger partial charge on any atom is 0.354 e. The molecule has 2 N–H and O–H groups in total. The number of nitro groups is 1. The van der Waals surface area contributed by atoms with Crippen molar-refractivity contribution in [1.29, 1.82) is 0 Å². The lowest BCUT2D eigenvalue weighted by molar-refractivity contribution is -0.384. The minimum Gasteiger partial charge on any atom is -0.461 e. The first kappa shape index (κ1) is 15.5. The third-order valence-corrected chi connectivity index (χ3v) is 3.26. The Labute approximate surface area is 126 Å². The number of nitrogens with zero attached hydrogens (tertiary/aromatic N) is 1. The van der Waals surface area contributed by atoms with Crippen LogP contribution in [0.25, 0.3) is 0 Å². The topological polar surface area (TPSA) is 111 Å². The van der Waals surface area contributed by atoms with Crippen LogP contribution in [0.2, 0.25) is 0 Å². The molecule has 0 spiro atoms. The van der Waals surface area contributed by atoms with Crippen molar-refractivity contribution in [3.8, 4) is 0 Å². The van der Waals surface area contributed by atoms with Crippen LogP contribution in [0.5, 0.6) is 0 Å². The average Bonchev–Trinajstić information content (AvgIpc) is 2.49. The van der Waals surface area contributed by atoms with Gasteiger partial charge in [0.15, 0.2) is 0 Å². The van der Waals surface area contributed by atoms with E-state index >= 15 is 0 Å². The summed E-state index contributed by atoms with van der Waals surface area (Å²) >= 11 is 0. The van der Waals surface area contributed by atoms with Gasteiger partial charge in [0, 0.05) is 12.1 Å². The van der Waals surface area contributed by atoms with Gasteiger partial charge in [-0.3, -0.25) is 10.1 Å². The summed E-state index contributed by atoms with van der Waals surface area (Å²) in [5.41, 5.74) is 1.26. The summed E-state index contributed by atoms with van der Waals surface area (Å²) in [7, 11) is 0. The van der Waals surface area contributed by atoms with Crippen LogP contribution in [-0.4, -0.2) is 23.5 Å². The molecule has 1 heterocycles. The van der Waals surface area contributed by atoms with E-state index < -0.39 is 23.0 Å². The molecule has 1 atom stereocenters. The van der Waals surface area contributed by atoms with E-state index in [0.717, 1.165) is 0 Å². The SMILES string of the molecule is CCOC(=O)C1=C(C)[C@@H](c2ccc([N+](=O)[O-])cc2)NC(=O)N1. The summed E-state index contributed by atoms with van der Waals surface area (Å²) in [6.45, 7) is 3.55. The number of rotatable bonds is 4. The number of benzene rings is 1.